The van der Waals surface area contributed by atoms with E-state index in [9.17, 15) is 4.79 Å². The number of aryl methyl sites for hydroxylation is 5. The Kier molecular flexibility index (Phi) is 10.1. The van der Waals surface area contributed by atoms with Gasteiger partial charge in [-0.15, -0.1) is 0 Å². The number of nitrogens with one attached hydrogen (secondary N) is 1. The number of carbonyl (C=O) groups excluding carboxylic acids is 1. The smallest absolute Gasteiger partial charge is 0.240 e. The highest BCUT2D eigenvalue weighted by molar-refractivity contribution is 5.83. The maximum Gasteiger partial charge on any atom is 0.240 e. The number of methoxy groups -OCH3 is 1. The molecule has 0 aliphatic heterocycles. The Bertz CT molecular complexity index is 1230. The molecule has 6 heteroatoms. The minimum Gasteiger partial charge on any atom is -0.497 e. The zero-order chi connectivity index (χ0) is 26.8. The van der Waals surface area contributed by atoms with Crippen molar-refractivity contribution in [3.05, 3.63) is 87.5 Å². The van der Waals surface area contributed by atoms with Crippen molar-refractivity contribution in [3.8, 4) is 17.2 Å². The first-order valence-corrected chi connectivity index (χ1v) is 12.7. The van der Waals surface area contributed by atoms with E-state index < -0.39 is 0 Å². The van der Waals surface area contributed by atoms with E-state index in [1.807, 2.05) is 37.3 Å². The molecule has 0 bridgehead atoms. The lowest BCUT2D eigenvalue weighted by molar-refractivity contribution is -0.121. The zero-order valence-electron chi connectivity index (χ0n) is 22.8. The van der Waals surface area contributed by atoms with E-state index in [0.717, 1.165) is 24.2 Å². The third-order valence-electron chi connectivity index (χ3n) is 6.28. The molecule has 0 spiro atoms. The number of hydrazone groups is 1. The van der Waals surface area contributed by atoms with Gasteiger partial charge in [-0.3, -0.25) is 4.79 Å². The molecular weight excluding hydrogens is 464 g/mol. The Morgan fingerprint density at radius 1 is 0.919 bits per heavy atom. The Morgan fingerprint density at radius 3 is 2.35 bits per heavy atom. The molecule has 3 rings (SSSR count). The predicted molar refractivity (Wildman–Crippen MR) is 149 cm³/mol. The van der Waals surface area contributed by atoms with Crippen molar-refractivity contribution in [2.45, 2.75) is 60.5 Å². The number of nitrogens with zero attached hydrogens (tertiary/aromatic N) is 1. The monoisotopic (exact) mass is 502 g/mol. The summed E-state index contributed by atoms with van der Waals surface area (Å²) in [5.41, 5.74) is 10.7. The third kappa shape index (κ3) is 8.10. The topological polar surface area (TPSA) is 69.2 Å². The molecule has 3 aromatic carbocycles. The fourth-order valence-electron chi connectivity index (χ4n) is 4.33. The van der Waals surface area contributed by atoms with Gasteiger partial charge in [0.2, 0.25) is 5.91 Å². The van der Waals surface area contributed by atoms with Gasteiger partial charge in [-0.25, -0.2) is 5.43 Å². The van der Waals surface area contributed by atoms with Crippen molar-refractivity contribution in [1.29, 1.82) is 0 Å². The largest absolute Gasteiger partial charge is 0.497 e. The van der Waals surface area contributed by atoms with Crippen LogP contribution in [0.25, 0.3) is 0 Å². The summed E-state index contributed by atoms with van der Waals surface area (Å²) in [7, 11) is 1.66. The zero-order valence-corrected chi connectivity index (χ0v) is 22.8. The van der Waals surface area contributed by atoms with Gasteiger partial charge in [0.05, 0.1) is 19.9 Å². The molecule has 0 heterocycles. The summed E-state index contributed by atoms with van der Waals surface area (Å²) in [4.78, 5) is 12.2. The summed E-state index contributed by atoms with van der Waals surface area (Å²) in [6, 6.07) is 16.0. The lowest BCUT2D eigenvalue weighted by Crippen LogP contribution is -2.17. The highest BCUT2D eigenvalue weighted by Gasteiger charge is 2.10. The fourth-order valence-corrected chi connectivity index (χ4v) is 4.33. The van der Waals surface area contributed by atoms with Gasteiger partial charge in [-0.2, -0.15) is 5.10 Å². The average Bonchev–Trinajstić information content (AvgIpc) is 2.85. The molecule has 37 heavy (non-hydrogen) atoms. The molecule has 1 N–H and O–H groups in total. The number of ether oxygens (including phenoxy) is 3. The van der Waals surface area contributed by atoms with Crippen LogP contribution < -0.4 is 19.6 Å². The second-order valence-corrected chi connectivity index (χ2v) is 9.24. The Labute approximate surface area is 220 Å². The van der Waals surface area contributed by atoms with E-state index >= 15 is 0 Å². The number of carbonyl (C=O) groups is 1. The molecule has 0 aliphatic rings. The third-order valence-corrected chi connectivity index (χ3v) is 6.28. The predicted octanol–water partition coefficient (Wildman–Crippen LogP) is 6.38. The summed E-state index contributed by atoms with van der Waals surface area (Å²) in [5, 5.41) is 4.13. The van der Waals surface area contributed by atoms with Crippen molar-refractivity contribution in [3.63, 3.8) is 0 Å². The molecule has 0 atom stereocenters. The van der Waals surface area contributed by atoms with Crippen LogP contribution >= 0.6 is 0 Å². The summed E-state index contributed by atoms with van der Waals surface area (Å²) in [6.45, 7) is 11.3. The first kappa shape index (κ1) is 27.8. The van der Waals surface area contributed by atoms with Gasteiger partial charge in [-0.05, 0) is 111 Å². The van der Waals surface area contributed by atoms with Crippen LogP contribution in [0.3, 0.4) is 0 Å². The molecule has 0 fully saturated rings. The number of hydrogen-bond donors (Lipinski definition) is 1. The highest BCUT2D eigenvalue weighted by Crippen LogP contribution is 2.30. The molecule has 1 amide bonds. The highest BCUT2D eigenvalue weighted by atomic mass is 16.5. The van der Waals surface area contributed by atoms with E-state index in [2.05, 4.69) is 56.4 Å². The Morgan fingerprint density at radius 2 is 1.68 bits per heavy atom. The first-order chi connectivity index (χ1) is 17.8. The number of rotatable bonds is 12. The van der Waals surface area contributed by atoms with Gasteiger partial charge >= 0.3 is 0 Å². The van der Waals surface area contributed by atoms with Crippen LogP contribution in [0.4, 0.5) is 0 Å². The molecular formula is C31H38N2O4. The van der Waals surface area contributed by atoms with Gasteiger partial charge in [0.15, 0.2) is 11.5 Å². The van der Waals surface area contributed by atoms with Crippen LogP contribution in [0.2, 0.25) is 0 Å². The van der Waals surface area contributed by atoms with E-state index in [1.165, 1.54) is 33.4 Å². The molecule has 0 saturated carbocycles. The normalized spacial score (nSPS) is 11.0. The summed E-state index contributed by atoms with van der Waals surface area (Å²) < 4.78 is 17.2. The minimum atomic E-state index is -0.115. The van der Waals surface area contributed by atoms with E-state index in [4.69, 9.17) is 14.2 Å². The average molecular weight is 503 g/mol. The van der Waals surface area contributed by atoms with Gasteiger partial charge in [-0.1, -0.05) is 23.8 Å². The first-order valence-electron chi connectivity index (χ1n) is 12.7. The van der Waals surface area contributed by atoms with Gasteiger partial charge in [0.25, 0.3) is 0 Å². The Hall–Kier alpha value is -3.80. The lowest BCUT2D eigenvalue weighted by Gasteiger charge is -2.15. The molecule has 196 valence electrons. The van der Waals surface area contributed by atoms with Crippen molar-refractivity contribution < 1.29 is 19.0 Å². The van der Waals surface area contributed by atoms with Crippen LogP contribution in [0.1, 0.15) is 58.7 Å². The maximum absolute atomic E-state index is 12.2. The second kappa shape index (κ2) is 13.5. The second-order valence-electron chi connectivity index (χ2n) is 9.24. The number of benzene rings is 3. The van der Waals surface area contributed by atoms with Gasteiger partial charge in [0, 0.05) is 6.42 Å². The van der Waals surface area contributed by atoms with Gasteiger partial charge in [0.1, 0.15) is 12.4 Å². The van der Waals surface area contributed by atoms with E-state index in [0.29, 0.717) is 31.1 Å². The van der Waals surface area contributed by atoms with Crippen LogP contribution in [-0.2, 0) is 17.8 Å². The van der Waals surface area contributed by atoms with Crippen LogP contribution in [0.15, 0.2) is 53.6 Å². The van der Waals surface area contributed by atoms with Gasteiger partial charge < -0.3 is 14.2 Å². The quantitative estimate of drug-likeness (QED) is 0.230. The maximum atomic E-state index is 12.2. The lowest BCUT2D eigenvalue weighted by atomic mass is 10.0. The molecule has 6 nitrogen and oxygen atoms in total. The van der Waals surface area contributed by atoms with Crippen LogP contribution in [-0.4, -0.2) is 25.8 Å². The molecule has 0 aliphatic carbocycles. The summed E-state index contributed by atoms with van der Waals surface area (Å²) in [6.07, 6.45) is 3.59. The standard InChI is InChI=1S/C31H38N2O4/c1-7-36-30-18-25(11-14-29(30)37-20-28-23(4)15-21(2)16-24(28)5)19-32-33-31(34)10-8-9-26-12-13-27(35-6)17-22(26)3/h11-19H,7-10,20H2,1-6H3,(H,33,34)/b32-19-. The minimum absolute atomic E-state index is 0.115. The molecule has 0 radical (unpaired) electrons. The van der Waals surface area contributed by atoms with E-state index in [1.54, 1.807) is 13.3 Å². The van der Waals surface area contributed by atoms with E-state index in [-0.39, 0.29) is 5.91 Å². The SMILES string of the molecule is CCOc1cc(/C=N\NC(=O)CCCc2ccc(OC)cc2C)ccc1OCc1c(C)cc(C)cc1C. The van der Waals surface area contributed by atoms with Crippen LogP contribution in [0.5, 0.6) is 17.2 Å². The molecule has 0 saturated heterocycles. The fraction of sp³-hybridized carbons (Fsp3) is 0.355. The Balaban J connectivity index is 1.54. The number of amides is 1. The summed E-state index contributed by atoms with van der Waals surface area (Å²) >= 11 is 0. The van der Waals surface area contributed by atoms with Crippen molar-refractivity contribution in [2.24, 2.45) is 5.10 Å². The van der Waals surface area contributed by atoms with Crippen molar-refractivity contribution in [1.82, 2.24) is 5.43 Å². The number of hydrogen-bond acceptors (Lipinski definition) is 5. The van der Waals surface area contributed by atoms with Crippen LogP contribution in [0, 0.1) is 27.7 Å². The molecule has 0 unspecified atom stereocenters. The molecule has 3 aromatic rings. The van der Waals surface area contributed by atoms with Crippen molar-refractivity contribution in [2.75, 3.05) is 13.7 Å². The molecule has 0 aromatic heterocycles. The van der Waals surface area contributed by atoms with Crippen molar-refractivity contribution >= 4 is 12.1 Å². The summed E-state index contributed by atoms with van der Waals surface area (Å²) in [5.74, 6) is 2.06.